The number of anilines is 1. The van der Waals surface area contributed by atoms with Crippen LogP contribution in [0.4, 0.5) is 5.69 Å². The topological polar surface area (TPSA) is 32.3 Å². The van der Waals surface area contributed by atoms with Gasteiger partial charge in [-0.3, -0.25) is 0 Å². The Morgan fingerprint density at radius 1 is 1.06 bits per heavy atom. The minimum Gasteiger partial charge on any atom is -0.396 e. The lowest BCUT2D eigenvalue weighted by Gasteiger charge is -2.20. The summed E-state index contributed by atoms with van der Waals surface area (Å²) < 4.78 is 0. The highest BCUT2D eigenvalue weighted by molar-refractivity contribution is 5.54. The SMILES string of the molecule is Cc1cc(C)c(NCC(CO)C(C)C)cc1C. The van der Waals surface area contributed by atoms with Crippen molar-refractivity contribution in [3.63, 3.8) is 0 Å². The summed E-state index contributed by atoms with van der Waals surface area (Å²) in [5.74, 6) is 0.815. The van der Waals surface area contributed by atoms with E-state index in [1.165, 1.54) is 22.4 Å². The smallest absolute Gasteiger partial charge is 0.0478 e. The van der Waals surface area contributed by atoms with Gasteiger partial charge in [0.05, 0.1) is 0 Å². The third kappa shape index (κ3) is 3.74. The molecule has 0 aliphatic heterocycles. The molecule has 0 aliphatic carbocycles. The van der Waals surface area contributed by atoms with Crippen LogP contribution in [0.3, 0.4) is 0 Å². The number of aliphatic hydroxyl groups excluding tert-OH is 1. The highest BCUT2D eigenvalue weighted by Crippen LogP contribution is 2.21. The van der Waals surface area contributed by atoms with Gasteiger partial charge in [-0.2, -0.15) is 0 Å². The largest absolute Gasteiger partial charge is 0.396 e. The average Bonchev–Trinajstić information content (AvgIpc) is 2.25. The molecule has 0 radical (unpaired) electrons. The molecule has 0 spiro atoms. The summed E-state index contributed by atoms with van der Waals surface area (Å²) in [7, 11) is 0. The van der Waals surface area contributed by atoms with Crippen LogP contribution in [0.1, 0.15) is 30.5 Å². The van der Waals surface area contributed by atoms with Gasteiger partial charge in [-0.1, -0.05) is 19.9 Å². The Labute approximate surface area is 105 Å². The Kier molecular flexibility index (Phi) is 5.01. The molecule has 0 amide bonds. The molecule has 96 valence electrons. The van der Waals surface area contributed by atoms with E-state index in [0.717, 1.165) is 6.54 Å². The number of hydrogen-bond donors (Lipinski definition) is 2. The normalized spacial score (nSPS) is 12.9. The summed E-state index contributed by atoms with van der Waals surface area (Å²) in [6.45, 7) is 11.8. The quantitative estimate of drug-likeness (QED) is 0.821. The predicted molar refractivity (Wildman–Crippen MR) is 74.6 cm³/mol. The van der Waals surface area contributed by atoms with E-state index >= 15 is 0 Å². The van der Waals surface area contributed by atoms with E-state index in [1.54, 1.807) is 0 Å². The maximum absolute atomic E-state index is 9.30. The van der Waals surface area contributed by atoms with Gasteiger partial charge in [0.25, 0.3) is 0 Å². The van der Waals surface area contributed by atoms with Crippen LogP contribution in [0.25, 0.3) is 0 Å². The monoisotopic (exact) mass is 235 g/mol. The maximum atomic E-state index is 9.30. The number of aliphatic hydroxyl groups is 1. The van der Waals surface area contributed by atoms with Crippen molar-refractivity contribution in [3.05, 3.63) is 28.8 Å². The summed E-state index contributed by atoms with van der Waals surface area (Å²) in [6, 6.07) is 4.40. The Hall–Kier alpha value is -1.02. The fourth-order valence-electron chi connectivity index (χ4n) is 1.90. The molecule has 0 saturated heterocycles. The zero-order valence-electron chi connectivity index (χ0n) is 11.7. The first-order chi connectivity index (χ1) is 7.95. The van der Waals surface area contributed by atoms with Crippen LogP contribution in [-0.2, 0) is 0 Å². The van der Waals surface area contributed by atoms with Crippen LogP contribution < -0.4 is 5.32 Å². The van der Waals surface area contributed by atoms with Crippen molar-refractivity contribution < 1.29 is 5.11 Å². The second kappa shape index (κ2) is 6.06. The Balaban J connectivity index is 2.72. The van der Waals surface area contributed by atoms with Gasteiger partial charge < -0.3 is 10.4 Å². The summed E-state index contributed by atoms with van der Waals surface area (Å²) in [5.41, 5.74) is 5.10. The second-order valence-electron chi connectivity index (χ2n) is 5.32. The zero-order chi connectivity index (χ0) is 13.0. The molecule has 0 aromatic heterocycles. The first-order valence-electron chi connectivity index (χ1n) is 6.38. The van der Waals surface area contributed by atoms with Gasteiger partial charge in [-0.15, -0.1) is 0 Å². The van der Waals surface area contributed by atoms with Gasteiger partial charge in [-0.25, -0.2) is 0 Å². The Morgan fingerprint density at radius 2 is 1.65 bits per heavy atom. The second-order valence-corrected chi connectivity index (χ2v) is 5.32. The molecule has 0 heterocycles. The molecule has 1 aromatic carbocycles. The molecule has 1 rings (SSSR count). The number of benzene rings is 1. The van der Waals surface area contributed by atoms with Crippen molar-refractivity contribution in [1.82, 2.24) is 0 Å². The minimum absolute atomic E-state index is 0.245. The first kappa shape index (κ1) is 14.0. The summed E-state index contributed by atoms with van der Waals surface area (Å²) >= 11 is 0. The first-order valence-corrected chi connectivity index (χ1v) is 6.38. The van der Waals surface area contributed by atoms with E-state index < -0.39 is 0 Å². The average molecular weight is 235 g/mol. The van der Waals surface area contributed by atoms with Crippen molar-refractivity contribution in [2.24, 2.45) is 11.8 Å². The summed E-state index contributed by atoms with van der Waals surface area (Å²) in [4.78, 5) is 0. The Morgan fingerprint density at radius 3 is 2.18 bits per heavy atom. The fourth-order valence-corrected chi connectivity index (χ4v) is 1.90. The van der Waals surface area contributed by atoms with Crippen molar-refractivity contribution in [1.29, 1.82) is 0 Å². The van der Waals surface area contributed by atoms with Crippen molar-refractivity contribution in [2.75, 3.05) is 18.5 Å². The molecule has 0 bridgehead atoms. The van der Waals surface area contributed by atoms with Gasteiger partial charge in [0.2, 0.25) is 0 Å². The van der Waals surface area contributed by atoms with Crippen LogP contribution in [-0.4, -0.2) is 18.3 Å². The lowest BCUT2D eigenvalue weighted by Crippen LogP contribution is -2.23. The molecule has 0 fully saturated rings. The van der Waals surface area contributed by atoms with E-state index in [1.807, 2.05) is 0 Å². The van der Waals surface area contributed by atoms with Crippen LogP contribution in [0.2, 0.25) is 0 Å². The van der Waals surface area contributed by atoms with E-state index in [4.69, 9.17) is 0 Å². The zero-order valence-corrected chi connectivity index (χ0v) is 11.7. The highest BCUT2D eigenvalue weighted by atomic mass is 16.3. The third-order valence-electron chi connectivity index (χ3n) is 3.57. The molecule has 2 nitrogen and oxygen atoms in total. The molecule has 2 N–H and O–H groups in total. The molecule has 0 aliphatic rings. The molecule has 17 heavy (non-hydrogen) atoms. The van der Waals surface area contributed by atoms with E-state index in [9.17, 15) is 5.11 Å². The lowest BCUT2D eigenvalue weighted by atomic mass is 9.96. The minimum atomic E-state index is 0.245. The van der Waals surface area contributed by atoms with E-state index in [0.29, 0.717) is 11.8 Å². The molecule has 2 heteroatoms. The molecule has 1 aromatic rings. The number of nitrogens with one attached hydrogen (secondary N) is 1. The third-order valence-corrected chi connectivity index (χ3v) is 3.57. The van der Waals surface area contributed by atoms with Gasteiger partial charge in [0.15, 0.2) is 0 Å². The van der Waals surface area contributed by atoms with Gasteiger partial charge in [0.1, 0.15) is 0 Å². The van der Waals surface area contributed by atoms with Gasteiger partial charge in [0, 0.05) is 24.8 Å². The van der Waals surface area contributed by atoms with E-state index in [2.05, 4.69) is 52.1 Å². The summed E-state index contributed by atoms with van der Waals surface area (Å²) in [5, 5.41) is 12.8. The Bertz CT molecular complexity index is 371. The van der Waals surface area contributed by atoms with Crippen LogP contribution >= 0.6 is 0 Å². The van der Waals surface area contributed by atoms with E-state index in [-0.39, 0.29) is 6.61 Å². The molecule has 1 atom stereocenters. The summed E-state index contributed by atoms with van der Waals surface area (Å²) in [6.07, 6.45) is 0. The molecular weight excluding hydrogens is 210 g/mol. The predicted octanol–water partition coefficient (Wildman–Crippen LogP) is 3.29. The van der Waals surface area contributed by atoms with Crippen LogP contribution in [0, 0.1) is 32.6 Å². The van der Waals surface area contributed by atoms with Crippen molar-refractivity contribution >= 4 is 5.69 Å². The van der Waals surface area contributed by atoms with Crippen LogP contribution in [0.5, 0.6) is 0 Å². The maximum Gasteiger partial charge on any atom is 0.0478 e. The van der Waals surface area contributed by atoms with Gasteiger partial charge in [-0.05, 0) is 49.4 Å². The van der Waals surface area contributed by atoms with Crippen LogP contribution in [0.15, 0.2) is 12.1 Å². The van der Waals surface area contributed by atoms with Crippen molar-refractivity contribution in [2.45, 2.75) is 34.6 Å². The number of hydrogen-bond acceptors (Lipinski definition) is 2. The molecule has 1 unspecified atom stereocenters. The number of aryl methyl sites for hydroxylation is 3. The molecular formula is C15H25NO. The van der Waals surface area contributed by atoms with Gasteiger partial charge >= 0.3 is 0 Å². The molecule has 0 saturated carbocycles. The lowest BCUT2D eigenvalue weighted by molar-refractivity contribution is 0.198. The highest BCUT2D eigenvalue weighted by Gasteiger charge is 2.12. The fraction of sp³-hybridized carbons (Fsp3) is 0.600. The number of rotatable bonds is 5. The standard InChI is InChI=1S/C15H25NO/c1-10(2)14(9-17)8-16-15-7-12(4)11(3)6-13(15)5/h6-7,10,14,16-17H,8-9H2,1-5H3. The van der Waals surface area contributed by atoms with Crippen molar-refractivity contribution in [3.8, 4) is 0 Å².